The largest absolute Gasteiger partial charge is 0.480 e. The van der Waals surface area contributed by atoms with Crippen LogP contribution in [0.25, 0.3) is 0 Å². The summed E-state index contributed by atoms with van der Waals surface area (Å²) in [4.78, 5) is 26.3. The summed E-state index contributed by atoms with van der Waals surface area (Å²) >= 11 is 0. The second-order valence-electron chi connectivity index (χ2n) is 6.56. The van der Waals surface area contributed by atoms with Gasteiger partial charge in [0, 0.05) is 0 Å². The van der Waals surface area contributed by atoms with Crippen molar-refractivity contribution in [2.75, 3.05) is 20.9 Å². The molecule has 24 heavy (non-hydrogen) atoms. The van der Waals surface area contributed by atoms with Crippen LogP contribution in [0.15, 0.2) is 18.2 Å². The van der Waals surface area contributed by atoms with Gasteiger partial charge >= 0.3 is 5.97 Å². The first-order valence-electron chi connectivity index (χ1n) is 8.04. The summed E-state index contributed by atoms with van der Waals surface area (Å²) in [6.45, 7) is 0.166. The number of rotatable bonds is 5. The standard InChI is InChI=1S/C17H22N2O5/c1-19(2)14(11-5-6-12-13(9-11)24-10-23-12)15(20)18-17(16(21)22)7-3-4-8-17/h5-6,9,14H,3-4,7-8,10H2,1-2H3,(H,18,20)(H,21,22)/t14-/m0/s1. The van der Waals surface area contributed by atoms with Gasteiger partial charge < -0.3 is 19.9 Å². The Morgan fingerprint density at radius 2 is 1.88 bits per heavy atom. The molecule has 7 heteroatoms. The number of fused-ring (bicyclic) bond motifs is 1. The van der Waals surface area contributed by atoms with E-state index in [0.29, 0.717) is 24.3 Å². The van der Waals surface area contributed by atoms with Crippen molar-refractivity contribution in [3.63, 3.8) is 0 Å². The van der Waals surface area contributed by atoms with Gasteiger partial charge in [0.25, 0.3) is 0 Å². The van der Waals surface area contributed by atoms with Gasteiger partial charge in [0.15, 0.2) is 11.5 Å². The first-order chi connectivity index (χ1) is 11.4. The average Bonchev–Trinajstić information content (AvgIpc) is 3.16. The van der Waals surface area contributed by atoms with E-state index in [1.54, 1.807) is 37.2 Å². The number of ether oxygens (including phenoxy) is 2. The lowest BCUT2D eigenvalue weighted by atomic mass is 9.96. The third kappa shape index (κ3) is 2.91. The fraction of sp³-hybridized carbons (Fsp3) is 0.529. The van der Waals surface area contributed by atoms with E-state index in [1.807, 2.05) is 0 Å². The summed E-state index contributed by atoms with van der Waals surface area (Å²) in [7, 11) is 3.58. The van der Waals surface area contributed by atoms with Crippen LogP contribution in [0.1, 0.15) is 37.3 Å². The Morgan fingerprint density at radius 1 is 1.21 bits per heavy atom. The molecule has 2 aliphatic rings. The molecule has 0 spiro atoms. The molecule has 7 nitrogen and oxygen atoms in total. The molecule has 1 fully saturated rings. The molecule has 0 unspecified atom stereocenters. The zero-order valence-electron chi connectivity index (χ0n) is 13.9. The molecular formula is C17H22N2O5. The second-order valence-corrected chi connectivity index (χ2v) is 6.56. The highest BCUT2D eigenvalue weighted by molar-refractivity contribution is 5.90. The van der Waals surface area contributed by atoms with E-state index >= 15 is 0 Å². The number of carbonyl (C=O) groups excluding carboxylic acids is 1. The van der Waals surface area contributed by atoms with Gasteiger partial charge in [0.2, 0.25) is 12.7 Å². The van der Waals surface area contributed by atoms with Gasteiger partial charge in [-0.15, -0.1) is 0 Å². The molecule has 1 atom stereocenters. The Morgan fingerprint density at radius 3 is 2.50 bits per heavy atom. The van der Waals surface area contributed by atoms with Crippen LogP contribution in [0.4, 0.5) is 0 Å². The van der Waals surface area contributed by atoms with E-state index in [-0.39, 0.29) is 12.7 Å². The second kappa shape index (κ2) is 6.32. The normalized spacial score (nSPS) is 19.3. The van der Waals surface area contributed by atoms with Crippen molar-refractivity contribution in [3.8, 4) is 11.5 Å². The minimum atomic E-state index is -1.15. The number of nitrogens with zero attached hydrogens (tertiary/aromatic N) is 1. The molecular weight excluding hydrogens is 312 g/mol. The molecule has 130 valence electrons. The van der Waals surface area contributed by atoms with Crippen LogP contribution in [0, 0.1) is 0 Å². The number of amides is 1. The number of likely N-dealkylation sites (N-methyl/N-ethyl adjacent to an activating group) is 1. The SMILES string of the molecule is CN(C)[C@H](C(=O)NC1(C(=O)O)CCCC1)c1ccc2c(c1)OCO2. The fourth-order valence-corrected chi connectivity index (χ4v) is 3.44. The quantitative estimate of drug-likeness (QED) is 0.849. The Hall–Kier alpha value is -2.28. The Bertz CT molecular complexity index is 652. The van der Waals surface area contributed by atoms with Crippen molar-refractivity contribution in [2.45, 2.75) is 37.3 Å². The van der Waals surface area contributed by atoms with Gasteiger partial charge in [-0.3, -0.25) is 9.69 Å². The van der Waals surface area contributed by atoms with Crippen LogP contribution in [-0.4, -0.2) is 48.3 Å². The lowest BCUT2D eigenvalue weighted by Gasteiger charge is -2.30. The maximum absolute atomic E-state index is 12.9. The molecule has 1 heterocycles. The van der Waals surface area contributed by atoms with Crippen LogP contribution in [0.3, 0.4) is 0 Å². The third-order valence-electron chi connectivity index (χ3n) is 4.71. The molecule has 0 saturated heterocycles. The predicted octanol–water partition coefficient (Wildman–Crippen LogP) is 1.53. The molecule has 1 saturated carbocycles. The first-order valence-corrected chi connectivity index (χ1v) is 8.04. The molecule has 0 aromatic heterocycles. The highest BCUT2D eigenvalue weighted by Gasteiger charge is 2.44. The van der Waals surface area contributed by atoms with E-state index in [0.717, 1.165) is 18.4 Å². The summed E-state index contributed by atoms with van der Waals surface area (Å²) in [5.74, 6) is -0.0323. The lowest BCUT2D eigenvalue weighted by molar-refractivity contribution is -0.148. The van der Waals surface area contributed by atoms with Crippen LogP contribution >= 0.6 is 0 Å². The van der Waals surface area contributed by atoms with Crippen molar-refractivity contribution >= 4 is 11.9 Å². The van der Waals surface area contributed by atoms with Gasteiger partial charge in [-0.1, -0.05) is 18.9 Å². The Balaban J connectivity index is 1.85. The first kappa shape index (κ1) is 16.6. The summed E-state index contributed by atoms with van der Waals surface area (Å²) in [5, 5.41) is 12.4. The molecule has 1 amide bonds. The maximum Gasteiger partial charge on any atom is 0.329 e. The maximum atomic E-state index is 12.9. The zero-order chi connectivity index (χ0) is 17.3. The summed E-state index contributed by atoms with van der Waals surface area (Å²) in [5.41, 5.74) is -0.415. The van der Waals surface area contributed by atoms with E-state index in [2.05, 4.69) is 5.32 Å². The number of hydrogen-bond donors (Lipinski definition) is 2. The van der Waals surface area contributed by atoms with Crippen molar-refractivity contribution in [3.05, 3.63) is 23.8 Å². The van der Waals surface area contributed by atoms with Crippen LogP contribution in [0.2, 0.25) is 0 Å². The van der Waals surface area contributed by atoms with E-state index < -0.39 is 17.6 Å². The zero-order valence-corrected chi connectivity index (χ0v) is 13.9. The number of carboxylic acid groups (broad SMARTS) is 1. The molecule has 2 N–H and O–H groups in total. The number of benzene rings is 1. The minimum absolute atomic E-state index is 0.166. The molecule has 1 aromatic carbocycles. The molecule has 1 aliphatic carbocycles. The van der Waals surface area contributed by atoms with Crippen molar-refractivity contribution in [2.24, 2.45) is 0 Å². The van der Waals surface area contributed by atoms with Crippen LogP contribution in [-0.2, 0) is 9.59 Å². The highest BCUT2D eigenvalue weighted by atomic mass is 16.7. The molecule has 0 radical (unpaired) electrons. The summed E-state index contributed by atoms with van der Waals surface area (Å²) in [6, 6.07) is 4.75. The fourth-order valence-electron chi connectivity index (χ4n) is 3.44. The van der Waals surface area contributed by atoms with Crippen molar-refractivity contribution < 1.29 is 24.2 Å². The van der Waals surface area contributed by atoms with E-state index in [9.17, 15) is 14.7 Å². The van der Waals surface area contributed by atoms with Gasteiger partial charge in [-0.2, -0.15) is 0 Å². The lowest BCUT2D eigenvalue weighted by Crippen LogP contribution is -2.55. The topological polar surface area (TPSA) is 88.1 Å². The molecule has 1 aliphatic heterocycles. The van der Waals surface area contributed by atoms with Gasteiger partial charge in [0.1, 0.15) is 11.6 Å². The Kier molecular flexibility index (Phi) is 4.36. The molecule has 3 rings (SSSR count). The minimum Gasteiger partial charge on any atom is -0.480 e. The number of hydrogen-bond acceptors (Lipinski definition) is 5. The monoisotopic (exact) mass is 334 g/mol. The summed E-state index contributed by atoms with van der Waals surface area (Å²) in [6.07, 6.45) is 2.55. The molecule has 0 bridgehead atoms. The highest BCUT2D eigenvalue weighted by Crippen LogP contribution is 2.36. The van der Waals surface area contributed by atoms with E-state index in [1.165, 1.54) is 0 Å². The Labute approximate surface area is 140 Å². The van der Waals surface area contributed by atoms with Crippen LogP contribution in [0.5, 0.6) is 11.5 Å². The van der Waals surface area contributed by atoms with Crippen molar-refractivity contribution in [1.29, 1.82) is 0 Å². The predicted molar refractivity (Wildman–Crippen MR) is 86.0 cm³/mol. The van der Waals surface area contributed by atoms with Crippen molar-refractivity contribution in [1.82, 2.24) is 10.2 Å². The van der Waals surface area contributed by atoms with Gasteiger partial charge in [0.05, 0.1) is 0 Å². The number of aliphatic carboxylic acids is 1. The smallest absolute Gasteiger partial charge is 0.329 e. The third-order valence-corrected chi connectivity index (χ3v) is 4.71. The van der Waals surface area contributed by atoms with Crippen LogP contribution < -0.4 is 14.8 Å². The van der Waals surface area contributed by atoms with Gasteiger partial charge in [-0.05, 0) is 44.6 Å². The summed E-state index contributed by atoms with van der Waals surface area (Å²) < 4.78 is 10.7. The number of nitrogens with one attached hydrogen (secondary N) is 1. The van der Waals surface area contributed by atoms with Gasteiger partial charge in [-0.25, -0.2) is 4.79 Å². The molecule has 1 aromatic rings. The average molecular weight is 334 g/mol. The number of carbonyl (C=O) groups is 2. The number of carboxylic acids is 1. The van der Waals surface area contributed by atoms with E-state index in [4.69, 9.17) is 9.47 Å².